The summed E-state index contributed by atoms with van der Waals surface area (Å²) in [7, 11) is -3.78. The number of rotatable bonds is 6. The Morgan fingerprint density at radius 1 is 1.23 bits per heavy atom. The van der Waals surface area contributed by atoms with E-state index in [2.05, 4.69) is 14.6 Å². The van der Waals surface area contributed by atoms with Gasteiger partial charge < -0.3 is 14.2 Å². The highest BCUT2D eigenvalue weighted by Gasteiger charge is 2.24. The topological polar surface area (TPSA) is 95.7 Å². The number of sulfonamides is 1. The quantitative estimate of drug-likeness (QED) is 0.608. The molecule has 1 amide bonds. The number of anilines is 1. The summed E-state index contributed by atoms with van der Waals surface area (Å²) in [6, 6.07) is 8.05. The Morgan fingerprint density at radius 3 is 2.84 bits per heavy atom. The van der Waals surface area contributed by atoms with Crippen LogP contribution in [0.2, 0.25) is 0 Å². The fraction of sp³-hybridized carbons (Fsp3) is 0.333. The number of thiazole rings is 1. The summed E-state index contributed by atoms with van der Waals surface area (Å²) in [5.74, 6) is 0.364. The lowest BCUT2D eigenvalue weighted by molar-refractivity contribution is 0.0766. The molecule has 1 aliphatic heterocycles. The molecule has 8 nitrogen and oxygen atoms in total. The molecule has 1 N–H and O–H groups in total. The van der Waals surface area contributed by atoms with Gasteiger partial charge >= 0.3 is 0 Å². The van der Waals surface area contributed by atoms with Crippen molar-refractivity contribution in [1.29, 1.82) is 0 Å². The molecule has 0 radical (unpaired) electrons. The summed E-state index contributed by atoms with van der Waals surface area (Å²) < 4.78 is 33.2. The number of aromatic nitrogens is 1. The molecule has 0 unspecified atom stereocenters. The molecular formula is C21H24N4O4S2. The van der Waals surface area contributed by atoms with Gasteiger partial charge in [-0.15, -0.1) is 11.3 Å². The fourth-order valence-electron chi connectivity index (χ4n) is 3.52. The van der Waals surface area contributed by atoms with Crippen molar-refractivity contribution in [3.05, 3.63) is 65.1 Å². The third-order valence-corrected chi connectivity index (χ3v) is 7.47. The van der Waals surface area contributed by atoms with Gasteiger partial charge in [-0.1, -0.05) is 6.07 Å². The molecule has 0 aliphatic carbocycles. The maximum absolute atomic E-state index is 13.3. The van der Waals surface area contributed by atoms with Crippen LogP contribution in [0.3, 0.4) is 0 Å². The van der Waals surface area contributed by atoms with Crippen LogP contribution in [0.4, 0.5) is 5.13 Å². The van der Waals surface area contributed by atoms with Gasteiger partial charge in [-0.2, -0.15) is 0 Å². The Bertz CT molecular complexity index is 1130. The highest BCUT2D eigenvalue weighted by molar-refractivity contribution is 7.89. The first-order chi connectivity index (χ1) is 14.9. The summed E-state index contributed by atoms with van der Waals surface area (Å²) in [4.78, 5) is 21.7. The molecular weight excluding hydrogens is 436 g/mol. The molecule has 2 aromatic heterocycles. The van der Waals surface area contributed by atoms with Crippen LogP contribution in [0.15, 0.2) is 57.5 Å². The van der Waals surface area contributed by atoms with Crippen molar-refractivity contribution in [2.45, 2.75) is 24.8 Å². The Hall–Kier alpha value is -2.69. The first-order valence-electron chi connectivity index (χ1n) is 10.0. The Kier molecular flexibility index (Phi) is 6.40. The second kappa shape index (κ2) is 9.21. The second-order valence-corrected chi connectivity index (χ2v) is 9.97. The van der Waals surface area contributed by atoms with Crippen LogP contribution in [0.5, 0.6) is 0 Å². The highest BCUT2D eigenvalue weighted by Crippen LogP contribution is 2.22. The van der Waals surface area contributed by atoms with Crippen molar-refractivity contribution in [3.8, 4) is 0 Å². The number of carbonyl (C=O) groups is 1. The monoisotopic (exact) mass is 460 g/mol. The average Bonchev–Trinajstić information content (AvgIpc) is 3.43. The maximum atomic E-state index is 13.3. The van der Waals surface area contributed by atoms with Crippen LogP contribution in [-0.4, -0.2) is 50.4 Å². The van der Waals surface area contributed by atoms with E-state index in [1.165, 1.54) is 18.4 Å². The Balaban J connectivity index is 1.49. The number of hydrogen-bond donors (Lipinski definition) is 1. The molecule has 4 rings (SSSR count). The second-order valence-electron chi connectivity index (χ2n) is 7.33. The van der Waals surface area contributed by atoms with Gasteiger partial charge in [0, 0.05) is 43.3 Å². The van der Waals surface area contributed by atoms with E-state index in [0.29, 0.717) is 31.0 Å². The van der Waals surface area contributed by atoms with E-state index in [9.17, 15) is 13.2 Å². The average molecular weight is 461 g/mol. The van der Waals surface area contributed by atoms with Crippen LogP contribution in [0.1, 0.15) is 28.1 Å². The molecule has 0 saturated carbocycles. The van der Waals surface area contributed by atoms with Gasteiger partial charge in [-0.25, -0.2) is 18.1 Å². The number of amides is 1. The van der Waals surface area contributed by atoms with Crippen molar-refractivity contribution in [3.63, 3.8) is 0 Å². The van der Waals surface area contributed by atoms with Gasteiger partial charge in [0.05, 0.1) is 17.7 Å². The minimum atomic E-state index is -3.78. The predicted octanol–water partition coefficient (Wildman–Crippen LogP) is 2.88. The van der Waals surface area contributed by atoms with Crippen molar-refractivity contribution < 1.29 is 17.6 Å². The van der Waals surface area contributed by atoms with Gasteiger partial charge in [0.15, 0.2) is 5.13 Å². The van der Waals surface area contributed by atoms with Crippen LogP contribution in [0.25, 0.3) is 0 Å². The van der Waals surface area contributed by atoms with Crippen LogP contribution >= 0.6 is 11.3 Å². The summed E-state index contributed by atoms with van der Waals surface area (Å²) in [5, 5.41) is 2.90. The number of hydrogen-bond acceptors (Lipinski definition) is 7. The van der Waals surface area contributed by atoms with Crippen molar-refractivity contribution >= 4 is 32.4 Å². The van der Waals surface area contributed by atoms with Gasteiger partial charge in [-0.3, -0.25) is 4.79 Å². The molecule has 3 aromatic rings. The van der Waals surface area contributed by atoms with Gasteiger partial charge in [0.1, 0.15) is 5.76 Å². The molecule has 10 heteroatoms. The van der Waals surface area contributed by atoms with Crippen LogP contribution < -0.4 is 9.62 Å². The molecule has 164 valence electrons. The number of nitrogens with one attached hydrogen (secondary N) is 1. The summed E-state index contributed by atoms with van der Waals surface area (Å²) in [6.07, 6.45) is 4.10. The number of carbonyl (C=O) groups excluding carboxylic acids is 1. The third kappa shape index (κ3) is 4.97. The lowest BCUT2D eigenvalue weighted by Crippen LogP contribution is -2.35. The summed E-state index contributed by atoms with van der Waals surface area (Å²) in [6.45, 7) is 4.58. The van der Waals surface area contributed by atoms with E-state index < -0.39 is 10.0 Å². The van der Waals surface area contributed by atoms with Gasteiger partial charge in [-0.05, 0) is 43.2 Å². The van der Waals surface area contributed by atoms with E-state index in [4.69, 9.17) is 4.42 Å². The van der Waals surface area contributed by atoms with E-state index in [1.54, 1.807) is 40.6 Å². The van der Waals surface area contributed by atoms with Crippen molar-refractivity contribution in [2.75, 3.05) is 31.1 Å². The van der Waals surface area contributed by atoms with Gasteiger partial charge in [0.2, 0.25) is 10.0 Å². The normalized spacial score (nSPS) is 15.1. The first kappa shape index (κ1) is 21.5. The van der Waals surface area contributed by atoms with Gasteiger partial charge in [0.25, 0.3) is 5.91 Å². The third-order valence-electron chi connectivity index (χ3n) is 5.24. The number of aryl methyl sites for hydroxylation is 1. The van der Waals surface area contributed by atoms with E-state index in [-0.39, 0.29) is 17.3 Å². The lowest BCUT2D eigenvalue weighted by atomic mass is 10.1. The Morgan fingerprint density at radius 2 is 2.10 bits per heavy atom. The number of nitrogens with zero attached hydrogens (tertiary/aromatic N) is 3. The fourth-order valence-corrected chi connectivity index (χ4v) is 5.23. The maximum Gasteiger partial charge on any atom is 0.254 e. The van der Waals surface area contributed by atoms with Crippen LogP contribution in [-0.2, 0) is 16.6 Å². The summed E-state index contributed by atoms with van der Waals surface area (Å²) >= 11 is 1.59. The highest BCUT2D eigenvalue weighted by atomic mass is 32.2. The molecule has 1 aliphatic rings. The zero-order valence-corrected chi connectivity index (χ0v) is 18.8. The first-order valence-corrected chi connectivity index (χ1v) is 12.4. The zero-order chi connectivity index (χ0) is 21.8. The molecule has 0 bridgehead atoms. The SMILES string of the molecule is Cc1ccc(S(=O)(=O)NCc2ccco2)cc1C(=O)N1CCCN(c2nccs2)CC1. The zero-order valence-electron chi connectivity index (χ0n) is 17.2. The van der Waals surface area contributed by atoms with Crippen molar-refractivity contribution in [1.82, 2.24) is 14.6 Å². The standard InChI is InChI=1S/C21H24N4O4S2/c1-16-5-6-18(31(27,28)23-15-17-4-2-12-29-17)14-19(16)20(26)24-8-3-9-25(11-10-24)21-22-7-13-30-21/h2,4-7,12-14,23H,3,8-11,15H2,1H3. The smallest absolute Gasteiger partial charge is 0.254 e. The van der Waals surface area contributed by atoms with E-state index in [1.807, 2.05) is 12.3 Å². The molecule has 1 saturated heterocycles. The molecule has 0 atom stereocenters. The molecule has 31 heavy (non-hydrogen) atoms. The van der Waals surface area contributed by atoms with E-state index >= 15 is 0 Å². The minimum absolute atomic E-state index is 0.0468. The van der Waals surface area contributed by atoms with Crippen molar-refractivity contribution in [2.24, 2.45) is 0 Å². The Labute approximate surface area is 185 Å². The molecule has 3 heterocycles. The molecule has 1 fully saturated rings. The molecule has 1 aromatic carbocycles. The molecule has 0 spiro atoms. The number of benzene rings is 1. The van der Waals surface area contributed by atoms with Crippen LogP contribution in [0, 0.1) is 6.92 Å². The summed E-state index contributed by atoms with van der Waals surface area (Å²) in [5.41, 5.74) is 1.15. The predicted molar refractivity (Wildman–Crippen MR) is 119 cm³/mol. The lowest BCUT2D eigenvalue weighted by Gasteiger charge is -2.22. The van der Waals surface area contributed by atoms with E-state index in [0.717, 1.165) is 23.7 Å². The number of furan rings is 1. The largest absolute Gasteiger partial charge is 0.468 e. The minimum Gasteiger partial charge on any atom is -0.468 e.